The number of para-hydroxylation sites is 2. The molecular weight excluding hydrogens is 378 g/mol. The van der Waals surface area contributed by atoms with Crippen molar-refractivity contribution in [2.75, 3.05) is 18.0 Å². The van der Waals surface area contributed by atoms with Gasteiger partial charge in [-0.3, -0.25) is 4.98 Å². The Hall–Kier alpha value is -3.07. The summed E-state index contributed by atoms with van der Waals surface area (Å²) < 4.78 is 2.51. The predicted octanol–water partition coefficient (Wildman–Crippen LogP) is 7.04. The third kappa shape index (κ3) is 3.06. The standard InChI is InChI=1S/C28H29N3/c1-20-10-5-6-14-24(20)31-26(21-11-3-2-4-12-21)18-22-19-29-27-23(28(22)31)13-9-15-25(27)30-16-7-8-17-30/h5-6,9-11,13-15,18-19H,2-4,7-8,12,16-17H2,1H3. The minimum absolute atomic E-state index is 1.13. The van der Waals surface area contributed by atoms with Crippen molar-refractivity contribution in [3.8, 4) is 5.69 Å². The lowest BCUT2D eigenvalue weighted by atomic mass is 9.97. The first kappa shape index (κ1) is 18.7. The highest BCUT2D eigenvalue weighted by Gasteiger charge is 2.21. The molecule has 2 aliphatic rings. The first-order chi connectivity index (χ1) is 15.3. The summed E-state index contributed by atoms with van der Waals surface area (Å²) in [4.78, 5) is 7.50. The Balaban J connectivity index is 1.69. The van der Waals surface area contributed by atoms with Gasteiger partial charge in [-0.1, -0.05) is 36.4 Å². The molecule has 0 amide bonds. The lowest BCUT2D eigenvalue weighted by molar-refractivity contribution is 0.738. The number of allylic oxidation sites excluding steroid dienone is 2. The van der Waals surface area contributed by atoms with Crippen LogP contribution in [0.25, 0.3) is 33.1 Å². The van der Waals surface area contributed by atoms with Crippen LogP contribution in [0.15, 0.2) is 60.8 Å². The molecule has 2 aromatic heterocycles. The van der Waals surface area contributed by atoms with Gasteiger partial charge in [0.25, 0.3) is 0 Å². The average molecular weight is 408 g/mol. The largest absolute Gasteiger partial charge is 0.370 e. The fraction of sp³-hybridized carbons (Fsp3) is 0.321. The number of aromatic nitrogens is 2. The molecule has 3 nitrogen and oxygen atoms in total. The van der Waals surface area contributed by atoms with E-state index in [2.05, 4.69) is 77.2 Å². The SMILES string of the molecule is Cc1ccccc1-n1c(C2=CCCCC2)cc2cnc3c(N4CCCC4)cccc3c21. The molecule has 3 heterocycles. The maximum Gasteiger partial charge on any atom is 0.0956 e. The van der Waals surface area contributed by atoms with Gasteiger partial charge in [-0.15, -0.1) is 0 Å². The molecule has 4 aromatic rings. The first-order valence-corrected chi connectivity index (χ1v) is 11.7. The zero-order valence-corrected chi connectivity index (χ0v) is 18.3. The van der Waals surface area contributed by atoms with Gasteiger partial charge in [0.05, 0.1) is 16.7 Å². The van der Waals surface area contributed by atoms with Gasteiger partial charge in [0.2, 0.25) is 0 Å². The first-order valence-electron chi connectivity index (χ1n) is 11.7. The number of pyridine rings is 1. The second-order valence-corrected chi connectivity index (χ2v) is 9.06. The Labute approximate surface area is 184 Å². The number of anilines is 1. The zero-order valence-electron chi connectivity index (χ0n) is 18.3. The third-order valence-electron chi connectivity index (χ3n) is 7.06. The molecule has 156 valence electrons. The van der Waals surface area contributed by atoms with E-state index in [0.29, 0.717) is 0 Å². The minimum Gasteiger partial charge on any atom is -0.370 e. The molecule has 1 aliphatic heterocycles. The minimum atomic E-state index is 1.13. The van der Waals surface area contributed by atoms with Crippen LogP contribution in [0, 0.1) is 6.92 Å². The van der Waals surface area contributed by atoms with Gasteiger partial charge in [0.1, 0.15) is 0 Å². The number of fused-ring (bicyclic) bond motifs is 3. The number of hydrogen-bond donors (Lipinski definition) is 0. The van der Waals surface area contributed by atoms with E-state index in [1.54, 1.807) is 0 Å². The molecular formula is C28H29N3. The third-order valence-corrected chi connectivity index (χ3v) is 7.06. The smallest absolute Gasteiger partial charge is 0.0956 e. The quantitative estimate of drug-likeness (QED) is 0.363. The van der Waals surface area contributed by atoms with Crippen LogP contribution in [0.4, 0.5) is 5.69 Å². The normalized spacial score (nSPS) is 16.9. The summed E-state index contributed by atoms with van der Waals surface area (Å²) in [5.41, 5.74) is 9.11. The van der Waals surface area contributed by atoms with Crippen LogP contribution in [-0.4, -0.2) is 22.6 Å². The summed E-state index contributed by atoms with van der Waals surface area (Å²) in [5.74, 6) is 0. The lowest BCUT2D eigenvalue weighted by Crippen LogP contribution is -2.18. The molecule has 1 aliphatic carbocycles. The van der Waals surface area contributed by atoms with E-state index < -0.39 is 0 Å². The molecule has 1 fully saturated rings. The molecule has 0 radical (unpaired) electrons. The van der Waals surface area contributed by atoms with Crippen LogP contribution >= 0.6 is 0 Å². The molecule has 0 spiro atoms. The van der Waals surface area contributed by atoms with Crippen molar-refractivity contribution in [3.05, 3.63) is 72.1 Å². The van der Waals surface area contributed by atoms with Gasteiger partial charge in [0.15, 0.2) is 0 Å². The van der Waals surface area contributed by atoms with Crippen molar-refractivity contribution in [3.63, 3.8) is 0 Å². The van der Waals surface area contributed by atoms with Crippen molar-refractivity contribution < 1.29 is 0 Å². The Morgan fingerprint density at radius 1 is 0.871 bits per heavy atom. The highest BCUT2D eigenvalue weighted by Crippen LogP contribution is 2.39. The van der Waals surface area contributed by atoms with Crippen LogP contribution in [0.5, 0.6) is 0 Å². The maximum absolute atomic E-state index is 5.00. The van der Waals surface area contributed by atoms with E-state index in [9.17, 15) is 0 Å². The van der Waals surface area contributed by atoms with Crippen LogP contribution < -0.4 is 4.90 Å². The maximum atomic E-state index is 5.00. The topological polar surface area (TPSA) is 21.1 Å². The highest BCUT2D eigenvalue weighted by atomic mass is 15.1. The van der Waals surface area contributed by atoms with Gasteiger partial charge < -0.3 is 9.47 Å². The molecule has 2 aromatic carbocycles. The molecule has 31 heavy (non-hydrogen) atoms. The van der Waals surface area contributed by atoms with Crippen LogP contribution in [-0.2, 0) is 0 Å². The summed E-state index contributed by atoms with van der Waals surface area (Å²) >= 11 is 0. The number of benzene rings is 2. The van der Waals surface area contributed by atoms with Gasteiger partial charge in [-0.05, 0) is 74.8 Å². The molecule has 0 N–H and O–H groups in total. The van der Waals surface area contributed by atoms with Gasteiger partial charge in [-0.2, -0.15) is 0 Å². The van der Waals surface area contributed by atoms with Gasteiger partial charge >= 0.3 is 0 Å². The molecule has 0 saturated carbocycles. The van der Waals surface area contributed by atoms with Crippen molar-refractivity contribution in [1.82, 2.24) is 9.55 Å². The summed E-state index contributed by atoms with van der Waals surface area (Å²) in [5, 5.41) is 2.49. The van der Waals surface area contributed by atoms with E-state index >= 15 is 0 Å². The summed E-state index contributed by atoms with van der Waals surface area (Å²) in [7, 11) is 0. The molecule has 1 saturated heterocycles. The molecule has 0 atom stereocenters. The van der Waals surface area contributed by atoms with E-state index in [0.717, 1.165) is 25.0 Å². The number of hydrogen-bond acceptors (Lipinski definition) is 2. The summed E-state index contributed by atoms with van der Waals surface area (Å²) in [6, 6.07) is 17.9. The van der Waals surface area contributed by atoms with Crippen molar-refractivity contribution in [2.45, 2.75) is 45.4 Å². The highest BCUT2D eigenvalue weighted by molar-refractivity contribution is 6.09. The van der Waals surface area contributed by atoms with Crippen molar-refractivity contribution in [2.24, 2.45) is 0 Å². The van der Waals surface area contributed by atoms with Gasteiger partial charge in [-0.25, -0.2) is 0 Å². The fourth-order valence-corrected chi connectivity index (χ4v) is 5.48. The Morgan fingerprint density at radius 3 is 2.52 bits per heavy atom. The number of nitrogens with zero attached hydrogens (tertiary/aromatic N) is 3. The van der Waals surface area contributed by atoms with E-state index in [4.69, 9.17) is 4.98 Å². The van der Waals surface area contributed by atoms with E-state index in [1.165, 1.54) is 76.6 Å². The Bertz CT molecular complexity index is 1300. The number of rotatable bonds is 3. The Morgan fingerprint density at radius 2 is 1.71 bits per heavy atom. The second kappa shape index (κ2) is 7.56. The molecule has 6 rings (SSSR count). The molecule has 0 bridgehead atoms. The summed E-state index contributed by atoms with van der Waals surface area (Å²) in [6.07, 6.45) is 12.0. The van der Waals surface area contributed by atoms with Crippen LogP contribution in [0.1, 0.15) is 49.8 Å². The van der Waals surface area contributed by atoms with Crippen molar-refractivity contribution >= 4 is 33.1 Å². The van der Waals surface area contributed by atoms with Crippen molar-refractivity contribution in [1.29, 1.82) is 0 Å². The monoisotopic (exact) mass is 407 g/mol. The molecule has 3 heteroatoms. The fourth-order valence-electron chi connectivity index (χ4n) is 5.48. The zero-order chi connectivity index (χ0) is 20.8. The lowest BCUT2D eigenvalue weighted by Gasteiger charge is -2.21. The number of aryl methyl sites for hydroxylation is 1. The van der Waals surface area contributed by atoms with Crippen LogP contribution in [0.2, 0.25) is 0 Å². The van der Waals surface area contributed by atoms with E-state index in [1.807, 2.05) is 0 Å². The predicted molar refractivity (Wildman–Crippen MR) is 131 cm³/mol. The average Bonchev–Trinajstić information content (AvgIpc) is 3.48. The Kier molecular flexibility index (Phi) is 4.56. The van der Waals surface area contributed by atoms with Gasteiger partial charge in [0, 0.05) is 41.4 Å². The second-order valence-electron chi connectivity index (χ2n) is 9.06. The van der Waals surface area contributed by atoms with E-state index in [-0.39, 0.29) is 0 Å². The molecule has 0 unspecified atom stereocenters. The summed E-state index contributed by atoms with van der Waals surface area (Å²) in [6.45, 7) is 4.49. The van der Waals surface area contributed by atoms with Crippen LogP contribution in [0.3, 0.4) is 0 Å².